The van der Waals surface area contributed by atoms with Gasteiger partial charge in [0.2, 0.25) is 0 Å². The Hall–Kier alpha value is -2.25. The number of hydrazone groups is 1. The van der Waals surface area contributed by atoms with E-state index in [0.29, 0.717) is 33.4 Å². The molecule has 6 nitrogen and oxygen atoms in total. The lowest BCUT2D eigenvalue weighted by Gasteiger charge is -2.10. The van der Waals surface area contributed by atoms with E-state index >= 15 is 0 Å². The third-order valence-corrected chi connectivity index (χ3v) is 4.02. The van der Waals surface area contributed by atoms with Gasteiger partial charge >= 0.3 is 0 Å². The molecule has 0 aliphatic rings. The van der Waals surface area contributed by atoms with Crippen molar-refractivity contribution in [3.05, 3.63) is 51.0 Å². The van der Waals surface area contributed by atoms with Crippen molar-refractivity contribution < 1.29 is 19.0 Å². The number of halogens is 2. The summed E-state index contributed by atoms with van der Waals surface area (Å²) in [5.41, 5.74) is 3.45. The van der Waals surface area contributed by atoms with Crippen molar-refractivity contribution in [2.24, 2.45) is 5.10 Å². The van der Waals surface area contributed by atoms with Crippen molar-refractivity contribution in [1.82, 2.24) is 5.43 Å². The van der Waals surface area contributed by atoms with Crippen LogP contribution in [0.3, 0.4) is 0 Å². The summed E-state index contributed by atoms with van der Waals surface area (Å²) in [6.45, 7) is 0. The molecular weight excluding hydrogens is 412 g/mol. The fourth-order valence-electron chi connectivity index (χ4n) is 2.10. The summed E-state index contributed by atoms with van der Waals surface area (Å²) in [7, 11) is 4.51. The molecule has 1 N–H and O–H groups in total. The Bertz CT molecular complexity index is 811. The lowest BCUT2D eigenvalue weighted by Crippen LogP contribution is -2.18. The zero-order valence-corrected chi connectivity index (χ0v) is 16.1. The molecule has 0 aromatic heterocycles. The first kappa shape index (κ1) is 19.1. The van der Waals surface area contributed by atoms with E-state index in [4.69, 9.17) is 25.8 Å². The van der Waals surface area contributed by atoms with Gasteiger partial charge in [-0.1, -0.05) is 27.5 Å². The summed E-state index contributed by atoms with van der Waals surface area (Å²) in [5.74, 6) is 0.951. The highest BCUT2D eigenvalue weighted by Gasteiger charge is 2.13. The smallest absolute Gasteiger partial charge is 0.275 e. The summed E-state index contributed by atoms with van der Waals surface area (Å²) in [5, 5.41) is 4.32. The van der Waals surface area contributed by atoms with Crippen LogP contribution in [0.15, 0.2) is 39.9 Å². The second kappa shape index (κ2) is 8.73. The van der Waals surface area contributed by atoms with Crippen LogP contribution < -0.4 is 19.6 Å². The molecule has 2 aromatic carbocycles. The van der Waals surface area contributed by atoms with Gasteiger partial charge in [0, 0.05) is 4.47 Å². The summed E-state index contributed by atoms with van der Waals surface area (Å²) >= 11 is 9.45. The molecule has 0 radical (unpaired) electrons. The predicted molar refractivity (Wildman–Crippen MR) is 100 cm³/mol. The molecule has 2 rings (SSSR count). The molecular formula is C17H16BrClN2O4. The van der Waals surface area contributed by atoms with Crippen molar-refractivity contribution in [3.8, 4) is 17.2 Å². The van der Waals surface area contributed by atoms with Crippen molar-refractivity contribution in [3.63, 3.8) is 0 Å². The third kappa shape index (κ3) is 4.64. The van der Waals surface area contributed by atoms with Gasteiger partial charge in [-0.2, -0.15) is 5.10 Å². The van der Waals surface area contributed by atoms with E-state index in [1.807, 2.05) is 0 Å². The number of carbonyl (C=O) groups excluding carboxylic acids is 1. The first-order valence-electron chi connectivity index (χ1n) is 7.08. The maximum absolute atomic E-state index is 12.3. The van der Waals surface area contributed by atoms with Crippen LogP contribution in [0.1, 0.15) is 15.9 Å². The van der Waals surface area contributed by atoms with Crippen molar-refractivity contribution >= 4 is 39.7 Å². The van der Waals surface area contributed by atoms with Crippen LogP contribution in [-0.2, 0) is 0 Å². The van der Waals surface area contributed by atoms with Gasteiger partial charge in [-0.3, -0.25) is 4.79 Å². The molecule has 25 heavy (non-hydrogen) atoms. The molecule has 132 valence electrons. The first-order valence-corrected chi connectivity index (χ1v) is 8.25. The van der Waals surface area contributed by atoms with Crippen LogP contribution in [0, 0.1) is 0 Å². The van der Waals surface area contributed by atoms with Crippen LogP contribution >= 0.6 is 27.5 Å². The van der Waals surface area contributed by atoms with Crippen LogP contribution in [0.4, 0.5) is 0 Å². The van der Waals surface area contributed by atoms with E-state index in [1.165, 1.54) is 27.5 Å². The van der Waals surface area contributed by atoms with E-state index in [2.05, 4.69) is 26.5 Å². The molecule has 0 spiro atoms. The van der Waals surface area contributed by atoms with Gasteiger partial charge in [0.15, 0.2) is 11.5 Å². The normalized spacial score (nSPS) is 10.6. The average molecular weight is 428 g/mol. The second-order valence-corrected chi connectivity index (χ2v) is 6.10. The van der Waals surface area contributed by atoms with Crippen LogP contribution in [0.25, 0.3) is 0 Å². The maximum Gasteiger partial charge on any atom is 0.275 e. The number of amides is 1. The van der Waals surface area contributed by atoms with Crippen molar-refractivity contribution in [2.75, 3.05) is 21.3 Å². The minimum Gasteiger partial charge on any atom is -0.496 e. The highest BCUT2D eigenvalue weighted by molar-refractivity contribution is 9.10. The van der Waals surface area contributed by atoms with E-state index in [0.717, 1.165) is 4.47 Å². The van der Waals surface area contributed by atoms with Gasteiger partial charge < -0.3 is 14.2 Å². The van der Waals surface area contributed by atoms with Gasteiger partial charge in [0.1, 0.15) is 5.75 Å². The highest BCUT2D eigenvalue weighted by atomic mass is 79.9. The molecule has 0 unspecified atom stereocenters. The highest BCUT2D eigenvalue weighted by Crippen LogP contribution is 2.35. The zero-order valence-electron chi connectivity index (χ0n) is 13.8. The fourth-order valence-corrected chi connectivity index (χ4v) is 2.75. The Morgan fingerprint density at radius 2 is 1.84 bits per heavy atom. The number of rotatable bonds is 6. The molecule has 0 heterocycles. The van der Waals surface area contributed by atoms with Gasteiger partial charge in [-0.05, 0) is 35.9 Å². The summed E-state index contributed by atoms with van der Waals surface area (Å²) < 4.78 is 16.3. The molecule has 0 saturated heterocycles. The second-order valence-electron chi connectivity index (χ2n) is 4.78. The van der Waals surface area contributed by atoms with Gasteiger partial charge in [0.25, 0.3) is 5.91 Å². The molecule has 0 aliphatic heterocycles. The van der Waals surface area contributed by atoms with E-state index in [-0.39, 0.29) is 0 Å². The van der Waals surface area contributed by atoms with Gasteiger partial charge in [-0.25, -0.2) is 5.43 Å². The quantitative estimate of drug-likeness (QED) is 0.561. The zero-order chi connectivity index (χ0) is 18.4. The molecule has 0 saturated carbocycles. The Morgan fingerprint density at radius 1 is 1.12 bits per heavy atom. The fraction of sp³-hybridized carbons (Fsp3) is 0.176. The number of hydrogen-bond donors (Lipinski definition) is 1. The van der Waals surface area contributed by atoms with E-state index in [9.17, 15) is 4.79 Å². The number of ether oxygens (including phenoxy) is 3. The number of benzene rings is 2. The van der Waals surface area contributed by atoms with Crippen LogP contribution in [0.5, 0.6) is 17.2 Å². The number of carbonyl (C=O) groups is 1. The number of methoxy groups -OCH3 is 3. The first-order chi connectivity index (χ1) is 12.0. The number of nitrogens with zero attached hydrogens (tertiary/aromatic N) is 1. The lowest BCUT2D eigenvalue weighted by molar-refractivity contribution is 0.0952. The molecule has 1 amide bonds. The van der Waals surface area contributed by atoms with Crippen LogP contribution in [-0.4, -0.2) is 33.5 Å². The summed E-state index contributed by atoms with van der Waals surface area (Å²) in [4.78, 5) is 12.3. The molecule has 8 heteroatoms. The topological polar surface area (TPSA) is 69.2 Å². The Kier molecular flexibility index (Phi) is 6.66. The Labute approximate surface area is 158 Å². The molecule has 0 aliphatic carbocycles. The maximum atomic E-state index is 12.3. The van der Waals surface area contributed by atoms with E-state index < -0.39 is 5.91 Å². The minimum atomic E-state index is -0.402. The minimum absolute atomic E-state index is 0.361. The summed E-state index contributed by atoms with van der Waals surface area (Å²) in [6.07, 6.45) is 1.45. The Morgan fingerprint density at radius 3 is 2.48 bits per heavy atom. The predicted octanol–water partition coefficient (Wildman–Crippen LogP) is 3.89. The third-order valence-electron chi connectivity index (χ3n) is 3.24. The lowest BCUT2D eigenvalue weighted by atomic mass is 10.2. The SMILES string of the molecule is COc1ccc(Br)cc1C(=O)N/N=C/c1cc(Cl)c(OC)c(OC)c1. The van der Waals surface area contributed by atoms with Crippen molar-refractivity contribution in [1.29, 1.82) is 0 Å². The molecule has 0 bridgehead atoms. The van der Waals surface area contributed by atoms with Crippen molar-refractivity contribution in [2.45, 2.75) is 0 Å². The van der Waals surface area contributed by atoms with Gasteiger partial charge in [-0.15, -0.1) is 0 Å². The summed E-state index contributed by atoms with van der Waals surface area (Å²) in [6, 6.07) is 8.47. The number of nitrogens with one attached hydrogen (secondary N) is 1. The molecule has 0 fully saturated rings. The van der Waals surface area contributed by atoms with Gasteiger partial charge in [0.05, 0.1) is 38.1 Å². The monoisotopic (exact) mass is 426 g/mol. The average Bonchev–Trinajstić information content (AvgIpc) is 2.61. The van der Waals surface area contributed by atoms with Crippen LogP contribution in [0.2, 0.25) is 5.02 Å². The standard InChI is InChI=1S/C17H16BrClN2O4/c1-23-14-5-4-11(18)8-12(14)17(22)21-20-9-10-6-13(19)16(25-3)15(7-10)24-2/h4-9H,1-3H3,(H,21,22)/b20-9+. The molecule has 0 atom stereocenters. The number of hydrogen-bond acceptors (Lipinski definition) is 5. The molecule has 2 aromatic rings. The largest absolute Gasteiger partial charge is 0.496 e. The Balaban J connectivity index is 2.17. The van der Waals surface area contributed by atoms with E-state index in [1.54, 1.807) is 30.3 Å².